The Morgan fingerprint density at radius 3 is 1.48 bits per heavy atom. The average molecular weight is 858 g/mol. The van der Waals surface area contributed by atoms with Crippen molar-refractivity contribution in [1.29, 1.82) is 0 Å². The lowest BCUT2D eigenvalue weighted by Crippen LogP contribution is -2.35. The molecule has 8 aromatic carbocycles. The van der Waals surface area contributed by atoms with Gasteiger partial charge in [-0.25, -0.2) is 0 Å². The van der Waals surface area contributed by atoms with E-state index in [0.717, 1.165) is 24.9 Å². The van der Waals surface area contributed by atoms with Crippen LogP contribution in [0, 0.1) is 0 Å². The SMILES string of the molecule is CC1(C)CCC(C)(C)c2cc(-c3cc4c(cc3N(c3ccccc3)c3c(-c5ccccc5)ccc5c3C(C)(C)CCC5(C)C)C(c3ccccc3)(c3ccccc3)c3ccccc3-4)ccc21. The molecule has 3 aliphatic carbocycles. The zero-order chi connectivity index (χ0) is 45.6. The van der Waals surface area contributed by atoms with Gasteiger partial charge in [-0.2, -0.15) is 0 Å². The highest BCUT2D eigenvalue weighted by molar-refractivity contribution is 6.00. The van der Waals surface area contributed by atoms with Gasteiger partial charge >= 0.3 is 0 Å². The maximum atomic E-state index is 2.69. The van der Waals surface area contributed by atoms with Gasteiger partial charge in [0.15, 0.2) is 0 Å². The van der Waals surface area contributed by atoms with Crippen molar-refractivity contribution in [3.63, 3.8) is 0 Å². The van der Waals surface area contributed by atoms with Crippen molar-refractivity contribution in [2.24, 2.45) is 0 Å². The first-order chi connectivity index (χ1) is 31.7. The van der Waals surface area contributed by atoms with Gasteiger partial charge in [0.2, 0.25) is 0 Å². The second-order valence-corrected chi connectivity index (χ2v) is 22.2. The Hall–Kier alpha value is -6.44. The van der Waals surface area contributed by atoms with Crippen LogP contribution in [0.4, 0.5) is 17.1 Å². The summed E-state index contributed by atoms with van der Waals surface area (Å²) in [5.41, 5.74) is 21.8. The van der Waals surface area contributed by atoms with Crippen molar-refractivity contribution >= 4 is 17.1 Å². The first-order valence-electron chi connectivity index (χ1n) is 24.4. The Balaban J connectivity index is 1.34. The van der Waals surface area contributed by atoms with Gasteiger partial charge in [0.1, 0.15) is 0 Å². The number of hydrogen-bond acceptors (Lipinski definition) is 1. The fraction of sp³-hybridized carbons (Fsp3) is 0.262. The number of para-hydroxylation sites is 1. The summed E-state index contributed by atoms with van der Waals surface area (Å²) in [5.74, 6) is 0. The maximum Gasteiger partial charge on any atom is 0.0714 e. The largest absolute Gasteiger partial charge is 0.309 e. The number of anilines is 3. The molecule has 0 radical (unpaired) electrons. The van der Waals surface area contributed by atoms with Crippen molar-refractivity contribution in [2.75, 3.05) is 4.90 Å². The first-order valence-corrected chi connectivity index (χ1v) is 24.4. The highest BCUT2D eigenvalue weighted by Gasteiger charge is 2.48. The van der Waals surface area contributed by atoms with Gasteiger partial charge < -0.3 is 4.90 Å². The number of nitrogens with zero attached hydrogens (tertiary/aromatic N) is 1. The molecule has 0 unspecified atom stereocenters. The summed E-state index contributed by atoms with van der Waals surface area (Å²) in [6.45, 7) is 19.7. The van der Waals surface area contributed by atoms with Crippen LogP contribution in [-0.2, 0) is 27.1 Å². The molecule has 8 aromatic rings. The predicted molar refractivity (Wildman–Crippen MR) is 280 cm³/mol. The van der Waals surface area contributed by atoms with E-state index in [1.54, 1.807) is 0 Å². The minimum absolute atomic E-state index is 0.00619. The zero-order valence-electron chi connectivity index (χ0n) is 40.2. The molecule has 0 N–H and O–H groups in total. The fourth-order valence-corrected chi connectivity index (χ4v) is 12.4. The van der Waals surface area contributed by atoms with Crippen LogP contribution in [-0.4, -0.2) is 0 Å². The van der Waals surface area contributed by atoms with Crippen LogP contribution < -0.4 is 4.90 Å². The Labute approximate surface area is 394 Å². The molecule has 66 heavy (non-hydrogen) atoms. The molecule has 1 nitrogen and oxygen atoms in total. The molecule has 0 spiro atoms. The third-order valence-electron chi connectivity index (χ3n) is 16.3. The van der Waals surface area contributed by atoms with E-state index in [-0.39, 0.29) is 21.7 Å². The lowest BCUT2D eigenvalue weighted by molar-refractivity contribution is 0.332. The number of hydrogen-bond donors (Lipinski definition) is 0. The Bertz CT molecular complexity index is 3080. The van der Waals surface area contributed by atoms with Gasteiger partial charge in [-0.05, 0) is 138 Å². The van der Waals surface area contributed by atoms with E-state index in [4.69, 9.17) is 0 Å². The van der Waals surface area contributed by atoms with Gasteiger partial charge in [-0.1, -0.05) is 219 Å². The third kappa shape index (κ3) is 6.48. The second kappa shape index (κ2) is 15.3. The summed E-state index contributed by atoms with van der Waals surface area (Å²) >= 11 is 0. The summed E-state index contributed by atoms with van der Waals surface area (Å²) in [6.07, 6.45) is 4.59. The molecule has 0 atom stereocenters. The summed E-state index contributed by atoms with van der Waals surface area (Å²) in [5, 5.41) is 0. The molecule has 3 aliphatic rings. The first kappa shape index (κ1) is 42.2. The number of rotatable bonds is 7. The second-order valence-electron chi connectivity index (χ2n) is 22.2. The van der Waals surface area contributed by atoms with Gasteiger partial charge in [-0.15, -0.1) is 0 Å². The molecule has 0 aromatic heterocycles. The lowest BCUT2D eigenvalue weighted by Gasteiger charge is -2.46. The molecule has 0 saturated carbocycles. The van der Waals surface area contributed by atoms with Gasteiger partial charge in [0.05, 0.1) is 16.8 Å². The molecular formula is C65H63N. The maximum absolute atomic E-state index is 2.69. The summed E-state index contributed by atoms with van der Waals surface area (Å²) in [4.78, 5) is 2.69. The van der Waals surface area contributed by atoms with Gasteiger partial charge in [0.25, 0.3) is 0 Å². The van der Waals surface area contributed by atoms with E-state index >= 15 is 0 Å². The summed E-state index contributed by atoms with van der Waals surface area (Å²) in [7, 11) is 0. The highest BCUT2D eigenvalue weighted by atomic mass is 15.2. The summed E-state index contributed by atoms with van der Waals surface area (Å²) < 4.78 is 0. The van der Waals surface area contributed by atoms with Crippen molar-refractivity contribution in [2.45, 2.75) is 108 Å². The Kier molecular flexibility index (Phi) is 9.79. The predicted octanol–water partition coefficient (Wildman–Crippen LogP) is 17.6. The van der Waals surface area contributed by atoms with Crippen molar-refractivity contribution in [3.8, 4) is 33.4 Å². The minimum atomic E-state index is -0.564. The van der Waals surface area contributed by atoms with Crippen LogP contribution >= 0.6 is 0 Å². The van der Waals surface area contributed by atoms with Crippen LogP contribution in [0.1, 0.15) is 126 Å². The molecule has 0 saturated heterocycles. The lowest BCUT2D eigenvalue weighted by atomic mass is 9.62. The van der Waals surface area contributed by atoms with Gasteiger partial charge in [0, 0.05) is 16.8 Å². The monoisotopic (exact) mass is 857 g/mol. The molecule has 0 amide bonds. The normalized spacial score (nSPS) is 17.8. The van der Waals surface area contributed by atoms with Crippen LogP contribution in [0.15, 0.2) is 188 Å². The molecule has 1 heteroatoms. The Morgan fingerprint density at radius 1 is 0.333 bits per heavy atom. The van der Waals surface area contributed by atoms with Crippen LogP contribution in [0.2, 0.25) is 0 Å². The average Bonchev–Trinajstić information content (AvgIpc) is 3.63. The zero-order valence-corrected chi connectivity index (χ0v) is 40.2. The summed E-state index contributed by atoms with van der Waals surface area (Å²) in [6, 6.07) is 71.8. The van der Waals surface area contributed by atoms with Crippen LogP contribution in [0.25, 0.3) is 33.4 Å². The minimum Gasteiger partial charge on any atom is -0.309 e. The van der Waals surface area contributed by atoms with Crippen molar-refractivity contribution in [1.82, 2.24) is 0 Å². The fourth-order valence-electron chi connectivity index (χ4n) is 12.4. The van der Waals surface area contributed by atoms with E-state index in [9.17, 15) is 0 Å². The molecule has 328 valence electrons. The third-order valence-corrected chi connectivity index (χ3v) is 16.3. The van der Waals surface area contributed by atoms with Crippen LogP contribution in [0.5, 0.6) is 0 Å². The van der Waals surface area contributed by atoms with Crippen molar-refractivity contribution < 1.29 is 0 Å². The van der Waals surface area contributed by atoms with E-state index in [1.165, 1.54) is 95.7 Å². The van der Waals surface area contributed by atoms with E-state index < -0.39 is 5.41 Å². The van der Waals surface area contributed by atoms with Gasteiger partial charge in [-0.3, -0.25) is 0 Å². The molecule has 0 fully saturated rings. The smallest absolute Gasteiger partial charge is 0.0714 e. The molecule has 0 bridgehead atoms. The molecule has 0 heterocycles. The van der Waals surface area contributed by atoms with E-state index in [2.05, 4.69) is 248 Å². The van der Waals surface area contributed by atoms with Crippen molar-refractivity contribution in [3.05, 3.63) is 233 Å². The van der Waals surface area contributed by atoms with E-state index in [1.807, 2.05) is 0 Å². The number of fused-ring (bicyclic) bond motifs is 5. The quantitative estimate of drug-likeness (QED) is 0.154. The van der Waals surface area contributed by atoms with Crippen LogP contribution in [0.3, 0.4) is 0 Å². The highest BCUT2D eigenvalue weighted by Crippen LogP contribution is 2.61. The van der Waals surface area contributed by atoms with E-state index in [0.29, 0.717) is 0 Å². The molecule has 11 rings (SSSR count). The topological polar surface area (TPSA) is 3.24 Å². The molecular weight excluding hydrogens is 795 g/mol. The Morgan fingerprint density at radius 2 is 0.848 bits per heavy atom. The molecule has 0 aliphatic heterocycles. The number of benzene rings is 8. The standard InChI is InChI=1S/C65H63N/c1-61(2)37-38-63(5,6)57-41-45(33-35-54(57)61)51-42-52-50-31-21-22-32-53(50)65(46-25-15-10-16-26-46,47-27-17-11-18-28-47)56(52)43-58(51)66(48-29-19-12-20-30-48)60-49(44-23-13-9-14-24-44)34-36-55-59(60)64(7,8)40-39-62(55,3)4/h9-36,41-43H,37-40H2,1-8H3.